The van der Waals surface area contributed by atoms with E-state index in [4.69, 9.17) is 17.0 Å². The molecule has 0 aromatic heterocycles. The molecule has 0 aliphatic rings. The Balaban J connectivity index is 1.86. The molecule has 4 nitrogen and oxygen atoms in total. The van der Waals surface area contributed by atoms with Gasteiger partial charge in [-0.3, -0.25) is 5.43 Å². The van der Waals surface area contributed by atoms with Crippen molar-refractivity contribution < 1.29 is 4.74 Å². The third kappa shape index (κ3) is 5.38. The van der Waals surface area contributed by atoms with E-state index in [9.17, 15) is 0 Å². The molecule has 2 aromatic carbocycles. The van der Waals surface area contributed by atoms with Gasteiger partial charge >= 0.3 is 0 Å². The fourth-order valence-electron chi connectivity index (χ4n) is 1.69. The maximum Gasteiger partial charge on any atom is 0.191 e. The standard InChI is InChI=1S/C17H17N3OS/c1-2-11-21-16-10-6-7-14(12-16)13-18-20-17(22)19-15-8-4-3-5-9-15/h2-10,12-13H,1,11H2,(H2,19,20,22)/b18-13+. The summed E-state index contributed by atoms with van der Waals surface area (Å²) in [7, 11) is 0. The molecule has 5 heteroatoms. The third-order valence-corrected chi connectivity index (χ3v) is 2.83. The van der Waals surface area contributed by atoms with E-state index in [1.165, 1.54) is 0 Å². The molecule has 0 aliphatic carbocycles. The van der Waals surface area contributed by atoms with E-state index >= 15 is 0 Å². The van der Waals surface area contributed by atoms with E-state index in [-0.39, 0.29) is 0 Å². The van der Waals surface area contributed by atoms with Gasteiger partial charge in [0.05, 0.1) is 6.21 Å². The molecule has 0 bridgehead atoms. The molecule has 0 amide bonds. The second-order valence-corrected chi connectivity index (χ2v) is 4.77. The van der Waals surface area contributed by atoms with Crippen LogP contribution in [0.25, 0.3) is 0 Å². The topological polar surface area (TPSA) is 45.6 Å². The highest BCUT2D eigenvalue weighted by molar-refractivity contribution is 7.80. The van der Waals surface area contributed by atoms with Crippen molar-refractivity contribution in [3.8, 4) is 5.75 Å². The first kappa shape index (κ1) is 15.7. The Morgan fingerprint density at radius 3 is 2.77 bits per heavy atom. The first-order valence-electron chi connectivity index (χ1n) is 6.77. The van der Waals surface area contributed by atoms with Crippen molar-refractivity contribution in [1.82, 2.24) is 5.43 Å². The molecule has 0 heterocycles. The zero-order valence-corrected chi connectivity index (χ0v) is 12.8. The van der Waals surface area contributed by atoms with Crippen LogP contribution >= 0.6 is 12.2 Å². The van der Waals surface area contributed by atoms with E-state index in [1.54, 1.807) is 12.3 Å². The largest absolute Gasteiger partial charge is 0.490 e. The molecular weight excluding hydrogens is 294 g/mol. The number of rotatable bonds is 6. The Morgan fingerprint density at radius 2 is 2.00 bits per heavy atom. The molecule has 2 N–H and O–H groups in total. The summed E-state index contributed by atoms with van der Waals surface area (Å²) in [6.07, 6.45) is 3.38. The molecule has 112 valence electrons. The SMILES string of the molecule is C=CCOc1cccc(/C=N/NC(=S)Nc2ccccc2)c1. The molecular formula is C17H17N3OS. The Hall–Kier alpha value is -2.66. The van der Waals surface area contributed by atoms with E-state index < -0.39 is 0 Å². The minimum absolute atomic E-state index is 0.432. The van der Waals surface area contributed by atoms with E-state index in [0.29, 0.717) is 11.7 Å². The molecule has 0 fully saturated rings. The number of ether oxygens (including phenoxy) is 1. The van der Waals surface area contributed by atoms with Gasteiger partial charge in [0.25, 0.3) is 0 Å². The monoisotopic (exact) mass is 311 g/mol. The average Bonchev–Trinajstić information content (AvgIpc) is 2.54. The Labute approximate surface area is 135 Å². The zero-order valence-electron chi connectivity index (χ0n) is 12.0. The van der Waals surface area contributed by atoms with Gasteiger partial charge in [0, 0.05) is 5.69 Å². The van der Waals surface area contributed by atoms with Crippen LogP contribution in [0, 0.1) is 0 Å². The predicted molar refractivity (Wildman–Crippen MR) is 95.5 cm³/mol. The van der Waals surface area contributed by atoms with Gasteiger partial charge in [-0.25, -0.2) is 0 Å². The van der Waals surface area contributed by atoms with Crippen LogP contribution in [0.4, 0.5) is 5.69 Å². The van der Waals surface area contributed by atoms with Gasteiger partial charge in [-0.2, -0.15) is 5.10 Å². The van der Waals surface area contributed by atoms with Crippen LogP contribution in [0.2, 0.25) is 0 Å². The fourth-order valence-corrected chi connectivity index (χ4v) is 1.86. The van der Waals surface area contributed by atoms with Gasteiger partial charge in [-0.15, -0.1) is 0 Å². The lowest BCUT2D eigenvalue weighted by molar-refractivity contribution is 0.363. The van der Waals surface area contributed by atoms with Gasteiger partial charge in [0.15, 0.2) is 5.11 Å². The van der Waals surface area contributed by atoms with Crippen LogP contribution in [-0.4, -0.2) is 17.9 Å². The van der Waals surface area contributed by atoms with Crippen molar-refractivity contribution in [2.45, 2.75) is 0 Å². The van der Waals surface area contributed by atoms with Gasteiger partial charge < -0.3 is 10.1 Å². The van der Waals surface area contributed by atoms with Crippen molar-refractivity contribution in [1.29, 1.82) is 0 Å². The smallest absolute Gasteiger partial charge is 0.191 e. The van der Waals surface area contributed by atoms with Crippen LogP contribution in [0.15, 0.2) is 72.4 Å². The quantitative estimate of drug-likeness (QED) is 0.370. The second-order valence-electron chi connectivity index (χ2n) is 4.36. The van der Waals surface area contributed by atoms with Crippen LogP contribution in [0.5, 0.6) is 5.75 Å². The lowest BCUT2D eigenvalue weighted by Crippen LogP contribution is -2.23. The van der Waals surface area contributed by atoms with Crippen LogP contribution in [0.3, 0.4) is 0 Å². The molecule has 0 aliphatic heterocycles. The molecule has 22 heavy (non-hydrogen) atoms. The summed E-state index contributed by atoms with van der Waals surface area (Å²) < 4.78 is 5.46. The van der Waals surface area contributed by atoms with Crippen molar-refractivity contribution in [3.05, 3.63) is 72.8 Å². The van der Waals surface area contributed by atoms with Crippen molar-refractivity contribution in [2.75, 3.05) is 11.9 Å². The minimum atomic E-state index is 0.432. The van der Waals surface area contributed by atoms with Gasteiger partial charge in [0.2, 0.25) is 0 Å². The molecule has 0 saturated carbocycles. The summed E-state index contributed by atoms with van der Waals surface area (Å²) in [4.78, 5) is 0. The molecule has 0 atom stereocenters. The number of para-hydroxylation sites is 1. The third-order valence-electron chi connectivity index (χ3n) is 2.64. The average molecular weight is 311 g/mol. The summed E-state index contributed by atoms with van der Waals surface area (Å²) in [6, 6.07) is 17.3. The van der Waals surface area contributed by atoms with Gasteiger partial charge in [-0.05, 0) is 42.0 Å². The Bertz CT molecular complexity index is 656. The minimum Gasteiger partial charge on any atom is -0.490 e. The summed E-state index contributed by atoms with van der Waals surface area (Å²) in [5, 5.41) is 7.57. The van der Waals surface area contributed by atoms with Gasteiger partial charge in [-0.1, -0.05) is 43.0 Å². The van der Waals surface area contributed by atoms with E-state index in [2.05, 4.69) is 22.4 Å². The lowest BCUT2D eigenvalue weighted by atomic mass is 10.2. The fraction of sp³-hybridized carbons (Fsp3) is 0.0588. The second kappa shape index (κ2) is 8.59. The van der Waals surface area contributed by atoms with E-state index in [0.717, 1.165) is 17.0 Å². The predicted octanol–water partition coefficient (Wildman–Crippen LogP) is 3.57. The Kier molecular flexibility index (Phi) is 6.14. The Morgan fingerprint density at radius 1 is 1.18 bits per heavy atom. The first-order chi connectivity index (χ1) is 10.8. The highest BCUT2D eigenvalue weighted by Gasteiger charge is 1.96. The van der Waals surface area contributed by atoms with Crippen molar-refractivity contribution >= 4 is 29.2 Å². The highest BCUT2D eigenvalue weighted by atomic mass is 32.1. The molecule has 2 aromatic rings. The summed E-state index contributed by atoms with van der Waals surface area (Å²) in [5.74, 6) is 0.772. The summed E-state index contributed by atoms with van der Waals surface area (Å²) in [6.45, 7) is 4.10. The number of anilines is 1. The van der Waals surface area contributed by atoms with Gasteiger partial charge in [0.1, 0.15) is 12.4 Å². The number of hydrogen-bond donors (Lipinski definition) is 2. The first-order valence-corrected chi connectivity index (χ1v) is 7.17. The number of thiocarbonyl (C=S) groups is 1. The van der Waals surface area contributed by atoms with Crippen LogP contribution in [0.1, 0.15) is 5.56 Å². The zero-order chi connectivity index (χ0) is 15.6. The molecule has 2 rings (SSSR count). The van der Waals surface area contributed by atoms with E-state index in [1.807, 2.05) is 54.6 Å². The number of hydrazone groups is 1. The maximum atomic E-state index is 5.46. The number of benzene rings is 2. The summed E-state index contributed by atoms with van der Waals surface area (Å²) >= 11 is 5.16. The molecule has 0 radical (unpaired) electrons. The molecule has 0 spiro atoms. The normalized spacial score (nSPS) is 10.2. The molecule has 0 saturated heterocycles. The lowest BCUT2D eigenvalue weighted by Gasteiger charge is -2.06. The van der Waals surface area contributed by atoms with Crippen LogP contribution < -0.4 is 15.5 Å². The number of nitrogens with zero attached hydrogens (tertiary/aromatic N) is 1. The number of hydrogen-bond acceptors (Lipinski definition) is 3. The van der Waals surface area contributed by atoms with Crippen molar-refractivity contribution in [3.63, 3.8) is 0 Å². The van der Waals surface area contributed by atoms with Crippen LogP contribution in [-0.2, 0) is 0 Å². The molecule has 0 unspecified atom stereocenters. The van der Waals surface area contributed by atoms with Crippen molar-refractivity contribution in [2.24, 2.45) is 5.10 Å². The maximum absolute atomic E-state index is 5.46. The summed E-state index contributed by atoms with van der Waals surface area (Å²) in [5.41, 5.74) is 4.60. The highest BCUT2D eigenvalue weighted by Crippen LogP contribution is 2.11. The number of nitrogens with one attached hydrogen (secondary N) is 2.